The zero-order chi connectivity index (χ0) is 16.1. The molecule has 2 saturated carbocycles. The molecule has 3 aliphatic rings. The van der Waals surface area contributed by atoms with E-state index in [1.807, 2.05) is 12.1 Å². The van der Waals surface area contributed by atoms with Gasteiger partial charge in [-0.2, -0.15) is 0 Å². The van der Waals surface area contributed by atoms with E-state index in [9.17, 15) is 14.4 Å². The molecule has 1 saturated heterocycles. The number of nitrogens with two attached hydrogens (primary N) is 1. The van der Waals surface area contributed by atoms with Gasteiger partial charge in [0.2, 0.25) is 17.7 Å². The number of nitrogen functional groups attached to an aromatic ring is 1. The number of amides is 3. The highest BCUT2D eigenvalue weighted by atomic mass is 16.2. The van der Waals surface area contributed by atoms with Crippen molar-refractivity contribution in [1.82, 2.24) is 10.2 Å². The monoisotopic (exact) mass is 313 g/mol. The van der Waals surface area contributed by atoms with Crippen LogP contribution >= 0.6 is 0 Å². The number of carbonyl (C=O) groups excluding carboxylic acids is 3. The molecule has 6 nitrogen and oxygen atoms in total. The second kappa shape index (κ2) is 5.08. The van der Waals surface area contributed by atoms with Crippen LogP contribution in [-0.2, 0) is 20.9 Å². The molecule has 0 radical (unpaired) electrons. The highest BCUT2D eigenvalue weighted by molar-refractivity contribution is 6.09. The van der Waals surface area contributed by atoms with Gasteiger partial charge in [0.25, 0.3) is 0 Å². The number of fused-ring (bicyclic) bond motifs is 4. The van der Waals surface area contributed by atoms with Crippen molar-refractivity contribution in [2.75, 3.05) is 12.3 Å². The fourth-order valence-corrected chi connectivity index (χ4v) is 4.16. The molecule has 1 unspecified atom stereocenters. The maximum atomic E-state index is 12.3. The Bertz CT molecular complexity index is 657. The molecule has 1 aromatic rings. The molecule has 1 aromatic carbocycles. The smallest absolute Gasteiger partial charge is 0.240 e. The molecule has 4 atom stereocenters. The number of hydrogen-bond acceptors (Lipinski definition) is 4. The van der Waals surface area contributed by atoms with Gasteiger partial charge in [0.15, 0.2) is 0 Å². The van der Waals surface area contributed by atoms with Crippen LogP contribution in [0.1, 0.15) is 18.4 Å². The second-order valence-electron chi connectivity index (χ2n) is 6.74. The molecule has 0 spiro atoms. The number of nitrogens with zero attached hydrogens (tertiary/aromatic N) is 1. The number of nitrogens with one attached hydrogen (secondary N) is 1. The highest BCUT2D eigenvalue weighted by Crippen LogP contribution is 2.61. The van der Waals surface area contributed by atoms with Gasteiger partial charge in [-0.1, -0.05) is 12.1 Å². The van der Waals surface area contributed by atoms with Crippen LogP contribution in [0.4, 0.5) is 5.69 Å². The predicted octanol–water partition coefficient (Wildman–Crippen LogP) is 0.526. The van der Waals surface area contributed by atoms with E-state index < -0.39 is 0 Å². The van der Waals surface area contributed by atoms with E-state index in [1.54, 1.807) is 12.1 Å². The predicted molar refractivity (Wildman–Crippen MR) is 82.6 cm³/mol. The van der Waals surface area contributed by atoms with Crippen molar-refractivity contribution in [3.8, 4) is 0 Å². The maximum absolute atomic E-state index is 12.3. The van der Waals surface area contributed by atoms with Gasteiger partial charge < -0.3 is 11.1 Å². The van der Waals surface area contributed by atoms with Gasteiger partial charge in [-0.05, 0) is 42.4 Å². The van der Waals surface area contributed by atoms with E-state index in [4.69, 9.17) is 5.73 Å². The largest absolute Gasteiger partial charge is 0.399 e. The first-order valence-electron chi connectivity index (χ1n) is 8.02. The quantitative estimate of drug-likeness (QED) is 0.626. The number of carbonyl (C=O) groups is 3. The molecule has 3 N–H and O–H groups in total. The molecule has 1 heterocycles. The van der Waals surface area contributed by atoms with Gasteiger partial charge in [0.1, 0.15) is 6.54 Å². The van der Waals surface area contributed by atoms with Crippen LogP contribution in [0.3, 0.4) is 0 Å². The summed E-state index contributed by atoms with van der Waals surface area (Å²) in [4.78, 5) is 37.9. The van der Waals surface area contributed by atoms with Crippen LogP contribution in [0, 0.1) is 23.7 Å². The summed E-state index contributed by atoms with van der Waals surface area (Å²) < 4.78 is 0. The molecule has 120 valence electrons. The van der Waals surface area contributed by atoms with E-state index in [2.05, 4.69) is 5.32 Å². The summed E-state index contributed by atoms with van der Waals surface area (Å²) in [5.74, 6) is -0.125. The lowest BCUT2D eigenvalue weighted by Crippen LogP contribution is -2.54. The second-order valence-corrected chi connectivity index (χ2v) is 6.74. The van der Waals surface area contributed by atoms with Gasteiger partial charge in [-0.25, -0.2) is 0 Å². The molecule has 3 fully saturated rings. The van der Waals surface area contributed by atoms with E-state index >= 15 is 0 Å². The molecule has 23 heavy (non-hydrogen) atoms. The average molecular weight is 313 g/mol. The zero-order valence-corrected chi connectivity index (χ0v) is 12.7. The molecule has 4 rings (SSSR count). The van der Waals surface area contributed by atoms with E-state index in [0.717, 1.165) is 23.3 Å². The fourth-order valence-electron chi connectivity index (χ4n) is 4.16. The molecule has 2 aliphatic carbocycles. The standard InChI is InChI=1S/C17H19N3O3/c18-10-3-1-9(2-4-10)7-19-13(21)8-20-16(22)14-11-5-6-12(11)15(14)17(20)23/h1-4,11-12,14-15H,5-8,18H2,(H,19,21)/t11-,12?,14-,15+/m0/s1. The number of rotatable bonds is 4. The molecule has 0 bridgehead atoms. The third-order valence-electron chi connectivity index (χ3n) is 5.57. The van der Waals surface area contributed by atoms with Crippen LogP contribution < -0.4 is 11.1 Å². The van der Waals surface area contributed by atoms with Crippen LogP contribution in [0.25, 0.3) is 0 Å². The Kier molecular flexibility index (Phi) is 3.14. The molecular weight excluding hydrogens is 294 g/mol. The van der Waals surface area contributed by atoms with Crippen LogP contribution in [0.2, 0.25) is 0 Å². The number of anilines is 1. The third-order valence-corrected chi connectivity index (χ3v) is 5.57. The van der Waals surface area contributed by atoms with E-state index in [1.165, 1.54) is 0 Å². The molecular formula is C17H19N3O3. The van der Waals surface area contributed by atoms with Crippen molar-refractivity contribution < 1.29 is 14.4 Å². The minimum absolute atomic E-state index is 0.147. The Balaban J connectivity index is 1.34. The van der Waals surface area contributed by atoms with Gasteiger partial charge >= 0.3 is 0 Å². The maximum Gasteiger partial charge on any atom is 0.240 e. The van der Waals surface area contributed by atoms with Crippen molar-refractivity contribution >= 4 is 23.4 Å². The van der Waals surface area contributed by atoms with Gasteiger partial charge in [0, 0.05) is 12.2 Å². The molecule has 6 heteroatoms. The lowest BCUT2D eigenvalue weighted by atomic mass is 9.48. The number of likely N-dealkylation sites (tertiary alicyclic amines) is 1. The number of hydrogen-bond donors (Lipinski definition) is 2. The Morgan fingerprint density at radius 2 is 1.65 bits per heavy atom. The van der Waals surface area contributed by atoms with Gasteiger partial charge in [-0.3, -0.25) is 19.3 Å². The van der Waals surface area contributed by atoms with Gasteiger partial charge in [0.05, 0.1) is 11.8 Å². The summed E-state index contributed by atoms with van der Waals surface area (Å²) in [6, 6.07) is 7.20. The zero-order valence-electron chi connectivity index (χ0n) is 12.7. The summed E-state index contributed by atoms with van der Waals surface area (Å²) in [6.45, 7) is 0.187. The van der Waals surface area contributed by atoms with Crippen molar-refractivity contribution in [1.29, 1.82) is 0 Å². The van der Waals surface area contributed by atoms with Crippen molar-refractivity contribution in [2.24, 2.45) is 23.7 Å². The average Bonchev–Trinajstić information content (AvgIpc) is 2.70. The number of benzene rings is 1. The lowest BCUT2D eigenvalue weighted by Gasteiger charge is -2.53. The first-order chi connectivity index (χ1) is 11.1. The lowest BCUT2D eigenvalue weighted by molar-refractivity contribution is -0.149. The Morgan fingerprint density at radius 1 is 1.09 bits per heavy atom. The topological polar surface area (TPSA) is 92.5 Å². The summed E-state index contributed by atoms with van der Waals surface area (Å²) >= 11 is 0. The molecule has 3 amide bonds. The van der Waals surface area contributed by atoms with E-state index in [-0.39, 0.29) is 36.1 Å². The SMILES string of the molecule is Nc1ccc(CNC(=O)CN2C(=O)[C@@H]3[C@H](C2=O)C2CC[C@@H]23)cc1. The van der Waals surface area contributed by atoms with Crippen molar-refractivity contribution in [2.45, 2.75) is 19.4 Å². The fraction of sp³-hybridized carbons (Fsp3) is 0.471. The molecule has 1 aliphatic heterocycles. The summed E-state index contributed by atoms with van der Waals surface area (Å²) in [5.41, 5.74) is 7.20. The third kappa shape index (κ3) is 2.12. The number of imide groups is 1. The van der Waals surface area contributed by atoms with Crippen molar-refractivity contribution in [3.05, 3.63) is 29.8 Å². The Hall–Kier alpha value is -2.37. The van der Waals surface area contributed by atoms with Crippen LogP contribution in [-0.4, -0.2) is 29.2 Å². The summed E-state index contributed by atoms with van der Waals surface area (Å²) in [7, 11) is 0. The summed E-state index contributed by atoms with van der Waals surface area (Å²) in [5, 5.41) is 2.75. The Morgan fingerprint density at radius 3 is 2.17 bits per heavy atom. The summed E-state index contributed by atoms with van der Waals surface area (Å²) in [6.07, 6.45) is 2.09. The van der Waals surface area contributed by atoms with Crippen LogP contribution in [0.5, 0.6) is 0 Å². The van der Waals surface area contributed by atoms with E-state index in [0.29, 0.717) is 24.1 Å². The minimum Gasteiger partial charge on any atom is -0.399 e. The van der Waals surface area contributed by atoms with Crippen molar-refractivity contribution in [3.63, 3.8) is 0 Å². The molecule has 0 aromatic heterocycles. The normalized spacial score (nSPS) is 31.0. The minimum atomic E-state index is -0.308. The van der Waals surface area contributed by atoms with Crippen LogP contribution in [0.15, 0.2) is 24.3 Å². The highest BCUT2D eigenvalue weighted by Gasteiger charge is 2.67. The first-order valence-corrected chi connectivity index (χ1v) is 8.02. The first kappa shape index (κ1) is 14.2. The Labute approximate surface area is 134 Å². The van der Waals surface area contributed by atoms with Gasteiger partial charge in [-0.15, -0.1) is 0 Å².